The molecule has 2 N–H and O–H groups in total. The summed E-state index contributed by atoms with van der Waals surface area (Å²) in [5.74, 6) is 1.36. The summed E-state index contributed by atoms with van der Waals surface area (Å²) >= 11 is 6.17. The van der Waals surface area contributed by atoms with Gasteiger partial charge in [0, 0.05) is 42.7 Å². The number of piperidine rings is 1. The third-order valence-electron chi connectivity index (χ3n) is 5.12. The van der Waals surface area contributed by atoms with E-state index in [1.165, 1.54) is 0 Å². The molecule has 9 heteroatoms. The first kappa shape index (κ1) is 16.3. The van der Waals surface area contributed by atoms with Gasteiger partial charge in [-0.2, -0.15) is 9.61 Å². The SMILES string of the molecule is Cn1cc(N2CCC[C@@H](c3nc4c5cc(Cl)ccc5nc(N)n4n3)C2)cn1. The first-order valence-corrected chi connectivity index (χ1v) is 9.31. The van der Waals surface area contributed by atoms with Crippen LogP contribution in [0.4, 0.5) is 11.6 Å². The van der Waals surface area contributed by atoms with Gasteiger partial charge in [-0.1, -0.05) is 11.6 Å². The highest BCUT2D eigenvalue weighted by Crippen LogP contribution is 2.30. The lowest BCUT2D eigenvalue weighted by Crippen LogP contribution is -2.34. The molecule has 1 saturated heterocycles. The summed E-state index contributed by atoms with van der Waals surface area (Å²) in [6.07, 6.45) is 6.06. The Kier molecular flexibility index (Phi) is 3.68. The molecule has 1 aliphatic heterocycles. The van der Waals surface area contributed by atoms with Crippen molar-refractivity contribution in [3.05, 3.63) is 41.4 Å². The van der Waals surface area contributed by atoms with Crippen molar-refractivity contribution < 1.29 is 0 Å². The summed E-state index contributed by atoms with van der Waals surface area (Å²) in [7, 11) is 1.93. The maximum absolute atomic E-state index is 6.17. The van der Waals surface area contributed by atoms with Crippen molar-refractivity contribution in [3.63, 3.8) is 0 Å². The van der Waals surface area contributed by atoms with Crippen molar-refractivity contribution in [2.24, 2.45) is 7.05 Å². The number of fused-ring (bicyclic) bond motifs is 3. The van der Waals surface area contributed by atoms with Crippen LogP contribution in [0.15, 0.2) is 30.6 Å². The van der Waals surface area contributed by atoms with Crippen molar-refractivity contribution in [3.8, 4) is 0 Å². The van der Waals surface area contributed by atoms with E-state index in [-0.39, 0.29) is 5.92 Å². The maximum Gasteiger partial charge on any atom is 0.223 e. The van der Waals surface area contributed by atoms with Crippen LogP contribution < -0.4 is 10.6 Å². The molecule has 0 bridgehead atoms. The van der Waals surface area contributed by atoms with Gasteiger partial charge in [0.05, 0.1) is 17.4 Å². The van der Waals surface area contributed by atoms with Crippen LogP contribution in [0.3, 0.4) is 0 Å². The van der Waals surface area contributed by atoms with Gasteiger partial charge in [-0.05, 0) is 31.0 Å². The van der Waals surface area contributed by atoms with E-state index in [1.807, 2.05) is 36.3 Å². The summed E-state index contributed by atoms with van der Waals surface area (Å²) in [6.45, 7) is 1.87. The molecule has 138 valence electrons. The normalized spacial score (nSPS) is 17.9. The zero-order valence-corrected chi connectivity index (χ0v) is 15.6. The Morgan fingerprint density at radius 3 is 2.96 bits per heavy atom. The van der Waals surface area contributed by atoms with Crippen LogP contribution in [0, 0.1) is 0 Å². The third-order valence-corrected chi connectivity index (χ3v) is 5.35. The molecule has 0 aliphatic carbocycles. The van der Waals surface area contributed by atoms with Crippen molar-refractivity contribution in [2.45, 2.75) is 18.8 Å². The molecule has 0 amide bonds. The van der Waals surface area contributed by atoms with Gasteiger partial charge in [0.1, 0.15) is 0 Å². The van der Waals surface area contributed by atoms with Gasteiger partial charge < -0.3 is 10.6 Å². The van der Waals surface area contributed by atoms with E-state index >= 15 is 0 Å². The second-order valence-corrected chi connectivity index (χ2v) is 7.43. The van der Waals surface area contributed by atoms with E-state index in [2.05, 4.69) is 20.1 Å². The smallest absolute Gasteiger partial charge is 0.223 e. The van der Waals surface area contributed by atoms with Gasteiger partial charge in [0.2, 0.25) is 5.95 Å². The first-order chi connectivity index (χ1) is 13.1. The number of nitrogens with zero attached hydrogens (tertiary/aromatic N) is 7. The van der Waals surface area contributed by atoms with Crippen LogP contribution in [-0.2, 0) is 7.05 Å². The number of benzene rings is 1. The summed E-state index contributed by atoms with van der Waals surface area (Å²) < 4.78 is 3.45. The molecule has 8 nitrogen and oxygen atoms in total. The molecule has 27 heavy (non-hydrogen) atoms. The third kappa shape index (κ3) is 2.76. The fourth-order valence-corrected chi connectivity index (χ4v) is 3.96. The molecule has 4 aromatic rings. The lowest BCUT2D eigenvalue weighted by atomic mass is 9.97. The molecule has 0 saturated carbocycles. The second-order valence-electron chi connectivity index (χ2n) is 6.99. The molecule has 4 heterocycles. The van der Waals surface area contributed by atoms with Crippen molar-refractivity contribution in [1.29, 1.82) is 0 Å². The number of nitrogens with two attached hydrogens (primary N) is 1. The van der Waals surface area contributed by atoms with E-state index in [4.69, 9.17) is 22.3 Å². The van der Waals surface area contributed by atoms with Crippen LogP contribution in [0.5, 0.6) is 0 Å². The number of aryl methyl sites for hydroxylation is 1. The topological polar surface area (TPSA) is 90.2 Å². The van der Waals surface area contributed by atoms with Gasteiger partial charge in [-0.3, -0.25) is 4.68 Å². The van der Waals surface area contributed by atoms with E-state index < -0.39 is 0 Å². The van der Waals surface area contributed by atoms with Crippen molar-refractivity contribution in [2.75, 3.05) is 23.7 Å². The van der Waals surface area contributed by atoms with E-state index in [0.29, 0.717) is 16.6 Å². The monoisotopic (exact) mass is 382 g/mol. The Labute approximate surface area is 160 Å². The Hall–Kier alpha value is -2.87. The van der Waals surface area contributed by atoms with Gasteiger partial charge in [-0.15, -0.1) is 5.10 Å². The number of hydrogen-bond donors (Lipinski definition) is 1. The average molecular weight is 383 g/mol. The number of aromatic nitrogens is 6. The summed E-state index contributed by atoms with van der Waals surface area (Å²) in [4.78, 5) is 11.6. The molecule has 1 fully saturated rings. The van der Waals surface area contributed by atoms with Gasteiger partial charge in [0.25, 0.3) is 0 Å². The minimum atomic E-state index is 0.229. The highest BCUT2D eigenvalue weighted by molar-refractivity contribution is 6.31. The van der Waals surface area contributed by atoms with E-state index in [1.54, 1.807) is 10.6 Å². The number of nitrogen functional groups attached to an aromatic ring is 1. The number of rotatable bonds is 2. The Bertz CT molecular complexity index is 1150. The molecule has 0 radical (unpaired) electrons. The maximum atomic E-state index is 6.17. The van der Waals surface area contributed by atoms with Crippen LogP contribution >= 0.6 is 11.6 Å². The average Bonchev–Trinajstić information content (AvgIpc) is 3.30. The van der Waals surface area contributed by atoms with E-state index in [9.17, 15) is 0 Å². The molecular weight excluding hydrogens is 364 g/mol. The van der Waals surface area contributed by atoms with Crippen molar-refractivity contribution in [1.82, 2.24) is 29.4 Å². The first-order valence-electron chi connectivity index (χ1n) is 8.93. The Morgan fingerprint density at radius 2 is 2.15 bits per heavy atom. The number of hydrogen-bond acceptors (Lipinski definition) is 6. The molecule has 0 spiro atoms. The molecule has 0 unspecified atom stereocenters. The molecule has 5 rings (SSSR count). The fraction of sp³-hybridized carbons (Fsp3) is 0.333. The zero-order chi connectivity index (χ0) is 18.5. The molecule has 1 aromatic carbocycles. The highest BCUT2D eigenvalue weighted by Gasteiger charge is 2.26. The quantitative estimate of drug-likeness (QED) is 0.573. The van der Waals surface area contributed by atoms with Crippen LogP contribution in [0.2, 0.25) is 5.02 Å². The Balaban J connectivity index is 1.55. The second kappa shape index (κ2) is 6.09. The standard InChI is InChI=1S/C18H19ClN8/c1-25-10-13(8-21-25)26-6-2-3-11(9-26)16-23-17-14-7-12(19)4-5-15(14)22-18(20)27(17)24-16/h4-5,7-8,10-11H,2-3,6,9H2,1H3,(H2,20,22)/t11-/m1/s1. The van der Waals surface area contributed by atoms with Crippen LogP contribution in [0.1, 0.15) is 24.6 Å². The molecular formula is C18H19ClN8. The fourth-order valence-electron chi connectivity index (χ4n) is 3.78. The van der Waals surface area contributed by atoms with Gasteiger partial charge >= 0.3 is 0 Å². The highest BCUT2D eigenvalue weighted by atomic mass is 35.5. The summed E-state index contributed by atoms with van der Waals surface area (Å²) in [6, 6.07) is 5.52. The molecule has 1 aliphatic rings. The van der Waals surface area contributed by atoms with Crippen molar-refractivity contribution >= 4 is 39.8 Å². The van der Waals surface area contributed by atoms with Crippen LogP contribution in [0.25, 0.3) is 16.6 Å². The lowest BCUT2D eigenvalue weighted by molar-refractivity contribution is 0.491. The van der Waals surface area contributed by atoms with Crippen LogP contribution in [-0.4, -0.2) is 42.5 Å². The number of halogens is 1. The van der Waals surface area contributed by atoms with E-state index in [0.717, 1.165) is 48.3 Å². The minimum Gasteiger partial charge on any atom is -0.368 e. The lowest BCUT2D eigenvalue weighted by Gasteiger charge is -2.32. The zero-order valence-electron chi connectivity index (χ0n) is 14.9. The summed E-state index contributed by atoms with van der Waals surface area (Å²) in [5.41, 5.74) is 8.72. The predicted molar refractivity (Wildman–Crippen MR) is 105 cm³/mol. The summed E-state index contributed by atoms with van der Waals surface area (Å²) in [5, 5.41) is 10.5. The number of anilines is 2. The van der Waals surface area contributed by atoms with Gasteiger partial charge in [0.15, 0.2) is 11.5 Å². The Morgan fingerprint density at radius 1 is 1.26 bits per heavy atom. The minimum absolute atomic E-state index is 0.229. The largest absolute Gasteiger partial charge is 0.368 e. The predicted octanol–water partition coefficient (Wildman–Crippen LogP) is 2.63. The molecule has 3 aromatic heterocycles. The molecule has 1 atom stereocenters. The van der Waals surface area contributed by atoms with Gasteiger partial charge in [-0.25, -0.2) is 9.97 Å².